The molecule has 234 valence electrons. The standard InChI is InChI=1S/C38H38ClN5OS/c39-35-26-36(44-23-21-43(22-24-44)27-29-11-4-1-5-12-29)42-38(41-35)46-28-30-13-10-18-33(25-30)37(45)40-20-19-34(31-14-6-2-7-15-31)32-16-8-3-9-17-32/h1-18,25-26,34H,19-24,27-28H2,(H,40,45). The zero-order valence-corrected chi connectivity index (χ0v) is 27.3. The summed E-state index contributed by atoms with van der Waals surface area (Å²) in [5.74, 6) is 1.64. The number of rotatable bonds is 12. The molecular formula is C38H38ClN5OS. The second-order valence-electron chi connectivity index (χ2n) is 11.5. The van der Waals surface area contributed by atoms with Gasteiger partial charge in [-0.3, -0.25) is 9.69 Å². The number of halogens is 1. The first kappa shape index (κ1) is 31.8. The van der Waals surface area contributed by atoms with Crippen molar-refractivity contribution in [3.63, 3.8) is 0 Å². The van der Waals surface area contributed by atoms with Crippen LogP contribution in [0.2, 0.25) is 5.15 Å². The smallest absolute Gasteiger partial charge is 0.251 e. The van der Waals surface area contributed by atoms with Gasteiger partial charge in [0.1, 0.15) is 11.0 Å². The number of aromatic nitrogens is 2. The van der Waals surface area contributed by atoms with E-state index in [1.807, 2.05) is 42.5 Å². The highest BCUT2D eigenvalue weighted by Gasteiger charge is 2.20. The molecule has 0 bridgehead atoms. The molecule has 4 aromatic carbocycles. The third-order valence-corrected chi connectivity index (χ3v) is 9.40. The fraction of sp³-hybridized carbons (Fsp3) is 0.237. The van der Waals surface area contributed by atoms with Crippen LogP contribution in [0.4, 0.5) is 5.82 Å². The summed E-state index contributed by atoms with van der Waals surface area (Å²) in [6, 6.07) is 41.2. The van der Waals surface area contributed by atoms with E-state index in [0.717, 1.165) is 50.5 Å². The predicted molar refractivity (Wildman–Crippen MR) is 189 cm³/mol. The van der Waals surface area contributed by atoms with Crippen molar-refractivity contribution in [1.82, 2.24) is 20.2 Å². The molecule has 2 heterocycles. The number of benzene rings is 4. The van der Waals surface area contributed by atoms with Crippen LogP contribution in [0.3, 0.4) is 0 Å². The van der Waals surface area contributed by atoms with Crippen molar-refractivity contribution in [2.45, 2.75) is 29.8 Å². The van der Waals surface area contributed by atoms with Crippen molar-refractivity contribution in [2.24, 2.45) is 0 Å². The first-order valence-corrected chi connectivity index (χ1v) is 17.1. The largest absolute Gasteiger partial charge is 0.354 e. The van der Waals surface area contributed by atoms with Gasteiger partial charge in [0, 0.05) is 62.6 Å². The van der Waals surface area contributed by atoms with E-state index in [9.17, 15) is 4.79 Å². The Hall–Kier alpha value is -4.17. The molecule has 1 aliphatic rings. The van der Waals surface area contributed by atoms with E-state index < -0.39 is 0 Å². The van der Waals surface area contributed by atoms with Crippen molar-refractivity contribution in [3.05, 3.63) is 154 Å². The lowest BCUT2D eigenvalue weighted by Crippen LogP contribution is -2.46. The Morgan fingerprint density at radius 3 is 2.07 bits per heavy atom. The van der Waals surface area contributed by atoms with Gasteiger partial charge in [0.2, 0.25) is 0 Å². The molecule has 1 N–H and O–H groups in total. The lowest BCUT2D eigenvalue weighted by Gasteiger charge is -2.35. The number of carbonyl (C=O) groups is 1. The minimum Gasteiger partial charge on any atom is -0.354 e. The van der Waals surface area contributed by atoms with Crippen molar-refractivity contribution in [3.8, 4) is 0 Å². The van der Waals surface area contributed by atoms with Gasteiger partial charge in [-0.2, -0.15) is 0 Å². The average Bonchev–Trinajstić information content (AvgIpc) is 3.10. The highest BCUT2D eigenvalue weighted by Crippen LogP contribution is 2.28. The second-order valence-corrected chi connectivity index (χ2v) is 12.8. The molecule has 1 amide bonds. The molecule has 1 saturated heterocycles. The SMILES string of the molecule is O=C(NCCC(c1ccccc1)c1ccccc1)c1cccc(CSc2nc(Cl)cc(N3CCN(Cc4ccccc4)CC3)n2)c1. The van der Waals surface area contributed by atoms with Gasteiger partial charge in [-0.05, 0) is 40.8 Å². The van der Waals surface area contributed by atoms with Gasteiger partial charge in [0.25, 0.3) is 5.91 Å². The topological polar surface area (TPSA) is 61.4 Å². The minimum atomic E-state index is -0.0700. The van der Waals surface area contributed by atoms with E-state index in [2.05, 4.69) is 99.0 Å². The van der Waals surface area contributed by atoms with Gasteiger partial charge in [-0.25, -0.2) is 9.97 Å². The number of hydrogen-bond acceptors (Lipinski definition) is 6. The number of thioether (sulfide) groups is 1. The normalized spacial score (nSPS) is 13.6. The van der Waals surface area contributed by atoms with Crippen molar-refractivity contribution < 1.29 is 4.79 Å². The summed E-state index contributed by atoms with van der Waals surface area (Å²) in [4.78, 5) is 27.2. The van der Waals surface area contributed by atoms with Crippen LogP contribution in [-0.2, 0) is 12.3 Å². The summed E-state index contributed by atoms with van der Waals surface area (Å²) in [5, 5.41) is 4.22. The number of nitrogens with zero attached hydrogens (tertiary/aromatic N) is 4. The van der Waals surface area contributed by atoms with Crippen LogP contribution in [0.25, 0.3) is 0 Å². The fourth-order valence-corrected chi connectivity index (χ4v) is 6.89. The molecule has 0 atom stereocenters. The molecule has 6 nitrogen and oxygen atoms in total. The zero-order chi connectivity index (χ0) is 31.6. The Balaban J connectivity index is 1.02. The Kier molecular flexibility index (Phi) is 11.0. The van der Waals surface area contributed by atoms with Gasteiger partial charge >= 0.3 is 0 Å². The molecule has 0 aliphatic carbocycles. The molecule has 1 fully saturated rings. The van der Waals surface area contributed by atoms with Crippen LogP contribution >= 0.6 is 23.4 Å². The minimum absolute atomic E-state index is 0.0700. The van der Waals surface area contributed by atoms with Gasteiger partial charge in [-0.1, -0.05) is 126 Å². The Morgan fingerprint density at radius 2 is 1.39 bits per heavy atom. The van der Waals surface area contributed by atoms with E-state index in [1.54, 1.807) is 0 Å². The molecule has 0 unspecified atom stereocenters. The first-order valence-electron chi connectivity index (χ1n) is 15.8. The first-order chi connectivity index (χ1) is 22.6. The van der Waals surface area contributed by atoms with Gasteiger partial charge in [-0.15, -0.1) is 0 Å². The molecule has 1 aromatic heterocycles. The third-order valence-electron chi connectivity index (χ3n) is 8.29. The number of anilines is 1. The monoisotopic (exact) mass is 647 g/mol. The molecule has 8 heteroatoms. The molecule has 46 heavy (non-hydrogen) atoms. The van der Waals surface area contributed by atoms with E-state index in [-0.39, 0.29) is 11.8 Å². The summed E-state index contributed by atoms with van der Waals surface area (Å²) in [7, 11) is 0. The van der Waals surface area contributed by atoms with E-state index in [0.29, 0.717) is 28.2 Å². The second kappa shape index (κ2) is 15.9. The van der Waals surface area contributed by atoms with Crippen LogP contribution in [0.15, 0.2) is 126 Å². The third kappa shape index (κ3) is 8.75. The van der Waals surface area contributed by atoms with Crippen molar-refractivity contribution in [1.29, 1.82) is 0 Å². The van der Waals surface area contributed by atoms with Crippen LogP contribution in [0.5, 0.6) is 0 Å². The van der Waals surface area contributed by atoms with Crippen LogP contribution in [-0.4, -0.2) is 53.5 Å². The molecule has 6 rings (SSSR count). The summed E-state index contributed by atoms with van der Waals surface area (Å²) < 4.78 is 0. The van der Waals surface area contributed by atoms with E-state index in [1.165, 1.54) is 28.5 Å². The summed E-state index contributed by atoms with van der Waals surface area (Å²) in [5.41, 5.74) is 5.51. The lowest BCUT2D eigenvalue weighted by atomic mass is 9.88. The maximum atomic E-state index is 13.1. The maximum Gasteiger partial charge on any atom is 0.251 e. The number of nitrogens with one attached hydrogen (secondary N) is 1. The molecule has 1 aliphatic heterocycles. The Bertz CT molecular complexity index is 1660. The predicted octanol–water partition coefficient (Wildman–Crippen LogP) is 7.70. The molecule has 0 spiro atoms. The quantitative estimate of drug-likeness (QED) is 0.0851. The van der Waals surface area contributed by atoms with Gasteiger partial charge in [0.05, 0.1) is 0 Å². The lowest BCUT2D eigenvalue weighted by molar-refractivity contribution is 0.0952. The number of carbonyl (C=O) groups excluding carboxylic acids is 1. The molecule has 0 radical (unpaired) electrons. The average molecular weight is 648 g/mol. The Labute approximate surface area is 280 Å². The fourth-order valence-electron chi connectivity index (χ4n) is 5.87. The maximum absolute atomic E-state index is 13.1. The van der Waals surface area contributed by atoms with Gasteiger partial charge in [0.15, 0.2) is 5.16 Å². The van der Waals surface area contributed by atoms with Crippen LogP contribution < -0.4 is 10.2 Å². The molecular weight excluding hydrogens is 610 g/mol. The molecule has 0 saturated carbocycles. The number of amides is 1. The van der Waals surface area contributed by atoms with Crippen LogP contribution in [0.1, 0.15) is 45.0 Å². The number of hydrogen-bond donors (Lipinski definition) is 1. The molecule has 5 aromatic rings. The Morgan fingerprint density at radius 1 is 0.761 bits per heavy atom. The van der Waals surface area contributed by atoms with Gasteiger partial charge < -0.3 is 10.2 Å². The van der Waals surface area contributed by atoms with E-state index in [4.69, 9.17) is 16.6 Å². The highest BCUT2D eigenvalue weighted by molar-refractivity contribution is 7.98. The summed E-state index contributed by atoms with van der Waals surface area (Å²) in [6.07, 6.45) is 0.811. The van der Waals surface area contributed by atoms with Crippen LogP contribution in [0, 0.1) is 0 Å². The van der Waals surface area contributed by atoms with Crippen molar-refractivity contribution >= 4 is 35.1 Å². The van der Waals surface area contributed by atoms with E-state index >= 15 is 0 Å². The summed E-state index contributed by atoms with van der Waals surface area (Å²) >= 11 is 7.98. The number of piperazine rings is 1. The van der Waals surface area contributed by atoms with Crippen molar-refractivity contribution in [2.75, 3.05) is 37.6 Å². The highest BCUT2D eigenvalue weighted by atomic mass is 35.5. The zero-order valence-electron chi connectivity index (χ0n) is 25.8. The summed E-state index contributed by atoms with van der Waals surface area (Å²) in [6.45, 7) is 5.24.